The second-order valence-electron chi connectivity index (χ2n) is 4.69. The third-order valence-corrected chi connectivity index (χ3v) is 3.55. The van der Waals surface area contributed by atoms with Crippen molar-refractivity contribution in [3.05, 3.63) is 29.6 Å². The minimum atomic E-state index is -1.10. The first-order valence-electron chi connectivity index (χ1n) is 6.81. The molecule has 0 aromatic heterocycles. The van der Waals surface area contributed by atoms with Crippen LogP contribution in [0.4, 0.5) is 10.1 Å². The summed E-state index contributed by atoms with van der Waals surface area (Å²) in [5.74, 6) is -1.04. The number of halogens is 1. The van der Waals surface area contributed by atoms with Crippen molar-refractivity contribution in [2.24, 2.45) is 5.92 Å². The van der Waals surface area contributed by atoms with Gasteiger partial charge < -0.3 is 10.0 Å². The zero-order valence-electron chi connectivity index (χ0n) is 11.8. The first-order chi connectivity index (χ1) is 9.03. The van der Waals surface area contributed by atoms with E-state index in [2.05, 4.69) is 13.8 Å². The molecule has 0 radical (unpaired) electrons. The summed E-state index contributed by atoms with van der Waals surface area (Å²) >= 11 is 0. The lowest BCUT2D eigenvalue weighted by atomic mass is 10.0. The summed E-state index contributed by atoms with van der Waals surface area (Å²) in [6, 6.07) is 4.11. The highest BCUT2D eigenvalue weighted by Crippen LogP contribution is 2.23. The van der Waals surface area contributed by atoms with E-state index in [0.717, 1.165) is 25.5 Å². The van der Waals surface area contributed by atoms with Crippen LogP contribution in [0.5, 0.6) is 0 Å². The van der Waals surface area contributed by atoms with Crippen molar-refractivity contribution in [3.8, 4) is 0 Å². The summed E-state index contributed by atoms with van der Waals surface area (Å²) in [6.07, 6.45) is 2.11. The van der Waals surface area contributed by atoms with E-state index in [4.69, 9.17) is 5.11 Å². The number of carbonyl (C=O) groups is 1. The molecule has 0 saturated heterocycles. The number of carboxylic acid groups (broad SMARTS) is 1. The number of benzene rings is 1. The monoisotopic (exact) mass is 267 g/mol. The number of aromatic carboxylic acids is 1. The molecule has 106 valence electrons. The number of hydrogen-bond donors (Lipinski definition) is 1. The predicted molar refractivity (Wildman–Crippen MR) is 75.3 cm³/mol. The molecule has 0 atom stereocenters. The van der Waals surface area contributed by atoms with Crippen molar-refractivity contribution in [3.63, 3.8) is 0 Å². The lowest BCUT2D eigenvalue weighted by molar-refractivity contribution is 0.0696. The Morgan fingerprint density at radius 2 is 1.95 bits per heavy atom. The molecule has 0 aliphatic rings. The van der Waals surface area contributed by atoms with Crippen molar-refractivity contribution in [1.82, 2.24) is 0 Å². The molecule has 0 saturated carbocycles. The second-order valence-corrected chi connectivity index (χ2v) is 4.69. The van der Waals surface area contributed by atoms with E-state index in [1.54, 1.807) is 6.07 Å². The Morgan fingerprint density at radius 1 is 1.32 bits per heavy atom. The molecule has 1 rings (SSSR count). The van der Waals surface area contributed by atoms with Crippen LogP contribution in [0.15, 0.2) is 18.2 Å². The van der Waals surface area contributed by atoms with Crippen molar-refractivity contribution < 1.29 is 14.3 Å². The largest absolute Gasteiger partial charge is 0.478 e. The van der Waals surface area contributed by atoms with E-state index in [0.29, 0.717) is 18.2 Å². The minimum absolute atomic E-state index is 0.0140. The summed E-state index contributed by atoms with van der Waals surface area (Å²) in [7, 11) is 0. The van der Waals surface area contributed by atoms with Gasteiger partial charge in [0.05, 0.1) is 11.3 Å². The molecule has 0 aliphatic carbocycles. The van der Waals surface area contributed by atoms with Crippen molar-refractivity contribution in [1.29, 1.82) is 0 Å². The van der Waals surface area contributed by atoms with E-state index < -0.39 is 11.8 Å². The van der Waals surface area contributed by atoms with Gasteiger partial charge in [-0.2, -0.15) is 0 Å². The fraction of sp³-hybridized carbons (Fsp3) is 0.533. The summed E-state index contributed by atoms with van der Waals surface area (Å²) in [5, 5.41) is 8.84. The van der Waals surface area contributed by atoms with Gasteiger partial charge in [-0.1, -0.05) is 26.7 Å². The van der Waals surface area contributed by atoms with E-state index in [1.807, 2.05) is 11.8 Å². The summed E-state index contributed by atoms with van der Waals surface area (Å²) < 4.78 is 14.0. The van der Waals surface area contributed by atoms with Crippen molar-refractivity contribution >= 4 is 11.7 Å². The molecule has 0 unspecified atom stereocenters. The van der Waals surface area contributed by atoms with E-state index in [1.165, 1.54) is 6.07 Å². The Kier molecular flexibility index (Phi) is 5.80. The number of nitrogens with zero attached hydrogens (tertiary/aromatic N) is 1. The number of anilines is 1. The molecule has 0 heterocycles. The molecule has 19 heavy (non-hydrogen) atoms. The number of hydrogen-bond acceptors (Lipinski definition) is 2. The topological polar surface area (TPSA) is 40.5 Å². The lowest BCUT2D eigenvalue weighted by Crippen LogP contribution is -2.29. The fourth-order valence-corrected chi connectivity index (χ4v) is 2.15. The summed E-state index contributed by atoms with van der Waals surface area (Å²) in [4.78, 5) is 12.8. The average Bonchev–Trinajstić information content (AvgIpc) is 2.41. The van der Waals surface area contributed by atoms with Crippen molar-refractivity contribution in [2.45, 2.75) is 33.6 Å². The van der Waals surface area contributed by atoms with Gasteiger partial charge in [0.25, 0.3) is 0 Å². The first kappa shape index (κ1) is 15.5. The van der Waals surface area contributed by atoms with Crippen LogP contribution in [0.1, 0.15) is 44.0 Å². The molecule has 1 aromatic carbocycles. The number of rotatable bonds is 7. The van der Waals surface area contributed by atoms with Gasteiger partial charge in [0.1, 0.15) is 5.82 Å². The van der Waals surface area contributed by atoms with E-state index >= 15 is 0 Å². The predicted octanol–water partition coefficient (Wildman–Crippen LogP) is 3.79. The highest BCUT2D eigenvalue weighted by atomic mass is 19.1. The molecule has 0 spiro atoms. The van der Waals surface area contributed by atoms with Gasteiger partial charge in [-0.25, -0.2) is 9.18 Å². The maximum absolute atomic E-state index is 14.0. The van der Waals surface area contributed by atoms with Crippen LogP contribution in [-0.2, 0) is 0 Å². The number of carboxylic acids is 1. The zero-order valence-corrected chi connectivity index (χ0v) is 11.8. The zero-order chi connectivity index (χ0) is 14.4. The summed E-state index contributed by atoms with van der Waals surface area (Å²) in [6.45, 7) is 7.75. The second kappa shape index (κ2) is 7.12. The van der Waals surface area contributed by atoms with Crippen LogP contribution >= 0.6 is 0 Å². The lowest BCUT2D eigenvalue weighted by Gasteiger charge is -2.27. The highest BCUT2D eigenvalue weighted by molar-refractivity contribution is 5.88. The SMILES string of the molecule is CCC(CC)CN(CC)c1ccc(C(=O)O)cc1F. The van der Waals surface area contributed by atoms with Gasteiger partial charge in [0.15, 0.2) is 0 Å². The van der Waals surface area contributed by atoms with E-state index in [9.17, 15) is 9.18 Å². The summed E-state index contributed by atoms with van der Waals surface area (Å²) in [5.41, 5.74) is 0.472. The highest BCUT2D eigenvalue weighted by Gasteiger charge is 2.15. The van der Waals surface area contributed by atoms with Gasteiger partial charge in [-0.05, 0) is 31.0 Å². The van der Waals surface area contributed by atoms with Crippen LogP contribution in [0, 0.1) is 11.7 Å². The molecule has 0 aliphatic heterocycles. The molecular formula is C15H22FNO2. The van der Waals surface area contributed by atoms with Crippen LogP contribution in [0.2, 0.25) is 0 Å². The Balaban J connectivity index is 2.95. The van der Waals surface area contributed by atoms with Gasteiger partial charge in [-0.3, -0.25) is 0 Å². The third kappa shape index (κ3) is 3.94. The quantitative estimate of drug-likeness (QED) is 0.817. The Labute approximate surface area is 114 Å². The molecule has 0 amide bonds. The van der Waals surface area contributed by atoms with Crippen molar-refractivity contribution in [2.75, 3.05) is 18.0 Å². The van der Waals surface area contributed by atoms with Gasteiger partial charge >= 0.3 is 5.97 Å². The van der Waals surface area contributed by atoms with E-state index in [-0.39, 0.29) is 5.56 Å². The molecule has 1 aromatic rings. The maximum atomic E-state index is 14.0. The maximum Gasteiger partial charge on any atom is 0.335 e. The normalized spacial score (nSPS) is 10.8. The molecule has 1 N–H and O–H groups in total. The first-order valence-corrected chi connectivity index (χ1v) is 6.81. The van der Waals surface area contributed by atoms with Crippen LogP contribution in [0.25, 0.3) is 0 Å². The smallest absolute Gasteiger partial charge is 0.335 e. The van der Waals surface area contributed by atoms with Gasteiger partial charge in [0.2, 0.25) is 0 Å². The molecule has 0 fully saturated rings. The Bertz CT molecular complexity index is 430. The van der Waals surface area contributed by atoms with Gasteiger partial charge in [-0.15, -0.1) is 0 Å². The van der Waals surface area contributed by atoms with Gasteiger partial charge in [0, 0.05) is 13.1 Å². The van der Waals surface area contributed by atoms with Crippen LogP contribution in [-0.4, -0.2) is 24.2 Å². The fourth-order valence-electron chi connectivity index (χ4n) is 2.15. The van der Waals surface area contributed by atoms with Crippen LogP contribution in [0.3, 0.4) is 0 Å². The molecule has 0 bridgehead atoms. The molecule has 3 nitrogen and oxygen atoms in total. The Morgan fingerprint density at radius 3 is 2.37 bits per heavy atom. The van der Waals surface area contributed by atoms with Crippen LogP contribution < -0.4 is 4.90 Å². The standard InChI is InChI=1S/C15H22FNO2/c1-4-11(5-2)10-17(6-3)14-8-7-12(15(18)19)9-13(14)16/h7-9,11H,4-6,10H2,1-3H3,(H,18,19). The Hall–Kier alpha value is -1.58. The average molecular weight is 267 g/mol. The third-order valence-electron chi connectivity index (χ3n) is 3.55. The molecular weight excluding hydrogens is 245 g/mol. The minimum Gasteiger partial charge on any atom is -0.478 e. The molecule has 4 heteroatoms.